The molecule has 0 unspecified atom stereocenters. The van der Waals surface area contributed by atoms with E-state index in [1.165, 1.54) is 11.3 Å². The van der Waals surface area contributed by atoms with Crippen LogP contribution < -0.4 is 10.1 Å². The highest BCUT2D eigenvalue weighted by molar-refractivity contribution is 9.10. The Morgan fingerprint density at radius 1 is 1.09 bits per heavy atom. The van der Waals surface area contributed by atoms with Gasteiger partial charge in [-0.1, -0.05) is 46.3 Å². The van der Waals surface area contributed by atoms with Gasteiger partial charge in [0.05, 0.1) is 18.7 Å². The number of nitrogens with one attached hydrogen (secondary N) is 1. The van der Waals surface area contributed by atoms with Crippen molar-refractivity contribution in [2.75, 3.05) is 38.7 Å². The number of ether oxygens (including phenoxy) is 2. The molecule has 0 radical (unpaired) electrons. The molecule has 2 aromatic carbocycles. The Bertz CT molecular complexity index is 1080. The maximum absolute atomic E-state index is 12.7. The molecule has 0 aliphatic rings. The molecule has 0 atom stereocenters. The summed E-state index contributed by atoms with van der Waals surface area (Å²) in [4.78, 5) is 28.2. The number of anilines is 1. The van der Waals surface area contributed by atoms with Gasteiger partial charge in [0.2, 0.25) is 5.91 Å². The van der Waals surface area contributed by atoms with Gasteiger partial charge in [0.1, 0.15) is 17.4 Å². The van der Waals surface area contributed by atoms with Crippen molar-refractivity contribution in [3.05, 3.63) is 70.2 Å². The van der Waals surface area contributed by atoms with Gasteiger partial charge in [-0.25, -0.2) is 4.79 Å². The van der Waals surface area contributed by atoms with Crippen molar-refractivity contribution < 1.29 is 19.1 Å². The highest BCUT2D eigenvalue weighted by Gasteiger charge is 2.24. The van der Waals surface area contributed by atoms with E-state index < -0.39 is 5.97 Å². The van der Waals surface area contributed by atoms with Gasteiger partial charge < -0.3 is 14.8 Å². The lowest BCUT2D eigenvalue weighted by molar-refractivity contribution is -0.117. The molecule has 0 aliphatic heterocycles. The average Bonchev–Trinajstić information content (AvgIpc) is 3.11. The quantitative estimate of drug-likeness (QED) is 0.345. The molecule has 3 rings (SSSR count). The van der Waals surface area contributed by atoms with Crippen LogP contribution in [-0.2, 0) is 9.53 Å². The number of nitrogens with zero attached hydrogens (tertiary/aromatic N) is 1. The van der Waals surface area contributed by atoms with Gasteiger partial charge in [-0.05, 0) is 56.3 Å². The van der Waals surface area contributed by atoms with Crippen LogP contribution in [0.3, 0.4) is 0 Å². The number of benzene rings is 2. The lowest BCUT2D eigenvalue weighted by Gasteiger charge is -2.16. The molecular formula is C25H27BrN2O4S. The van der Waals surface area contributed by atoms with E-state index in [0.29, 0.717) is 23.7 Å². The second-order valence-corrected chi connectivity index (χ2v) is 9.37. The molecule has 1 N–H and O–H groups in total. The molecule has 6 nitrogen and oxygen atoms in total. The number of likely N-dealkylation sites (N-methyl/N-ethyl adjacent to an activating group) is 1. The van der Waals surface area contributed by atoms with Crippen LogP contribution in [-0.4, -0.2) is 50.1 Å². The molecule has 1 heterocycles. The zero-order valence-electron chi connectivity index (χ0n) is 18.9. The lowest BCUT2D eigenvalue weighted by atomic mass is 10.1. The van der Waals surface area contributed by atoms with Gasteiger partial charge in [0.25, 0.3) is 0 Å². The molecule has 1 aromatic heterocycles. The summed E-state index contributed by atoms with van der Waals surface area (Å²) in [5, 5.41) is 3.43. The maximum atomic E-state index is 12.7. The van der Waals surface area contributed by atoms with Crippen LogP contribution >= 0.6 is 27.3 Å². The van der Waals surface area contributed by atoms with Crippen molar-refractivity contribution in [1.29, 1.82) is 0 Å². The third-order valence-electron chi connectivity index (χ3n) is 4.88. The number of carbonyl (C=O) groups is 2. The highest BCUT2D eigenvalue weighted by atomic mass is 79.9. The molecule has 0 saturated heterocycles. The molecule has 0 spiro atoms. The number of thiophene rings is 1. The van der Waals surface area contributed by atoms with Crippen LogP contribution in [0.25, 0.3) is 10.4 Å². The van der Waals surface area contributed by atoms with Gasteiger partial charge in [0.15, 0.2) is 0 Å². The summed E-state index contributed by atoms with van der Waals surface area (Å²) in [5.74, 6) is 0.144. The van der Waals surface area contributed by atoms with Crippen LogP contribution in [0, 0.1) is 6.92 Å². The number of hydrogen-bond acceptors (Lipinski definition) is 6. The van der Waals surface area contributed by atoms with E-state index in [2.05, 4.69) is 21.2 Å². The van der Waals surface area contributed by atoms with E-state index >= 15 is 0 Å². The Morgan fingerprint density at radius 2 is 1.79 bits per heavy atom. The van der Waals surface area contributed by atoms with Crippen molar-refractivity contribution in [2.24, 2.45) is 0 Å². The summed E-state index contributed by atoms with van der Waals surface area (Å²) in [6, 6.07) is 17.4. The van der Waals surface area contributed by atoms with Crippen molar-refractivity contribution in [3.8, 4) is 16.2 Å². The van der Waals surface area contributed by atoms with E-state index in [0.717, 1.165) is 26.2 Å². The molecule has 0 fully saturated rings. The number of amides is 1. The first-order valence-electron chi connectivity index (χ1n) is 10.6. The third kappa shape index (κ3) is 6.90. The Kier molecular flexibility index (Phi) is 9.05. The zero-order valence-corrected chi connectivity index (χ0v) is 21.3. The average molecular weight is 531 g/mol. The van der Waals surface area contributed by atoms with E-state index in [1.54, 1.807) is 6.92 Å². The van der Waals surface area contributed by atoms with Gasteiger partial charge in [-0.2, -0.15) is 0 Å². The number of hydrogen-bond donors (Lipinski definition) is 1. The van der Waals surface area contributed by atoms with Gasteiger partial charge in [-0.15, -0.1) is 11.3 Å². The van der Waals surface area contributed by atoms with Crippen molar-refractivity contribution in [1.82, 2.24) is 4.90 Å². The van der Waals surface area contributed by atoms with Crippen LogP contribution in [0.15, 0.2) is 59.1 Å². The number of carbonyl (C=O) groups excluding carboxylic acids is 2. The SMILES string of the molecule is CCOC(=O)c1c(NC(=O)CN(C)CCOc2ccc(Br)cc2)sc(-c2ccccc2)c1C. The van der Waals surface area contributed by atoms with Gasteiger partial charge in [0, 0.05) is 15.9 Å². The minimum Gasteiger partial charge on any atom is -0.492 e. The number of halogens is 1. The molecule has 1 amide bonds. The van der Waals surface area contributed by atoms with E-state index in [9.17, 15) is 9.59 Å². The summed E-state index contributed by atoms with van der Waals surface area (Å²) < 4.78 is 12.0. The normalized spacial score (nSPS) is 10.8. The van der Waals surface area contributed by atoms with Crippen LogP contribution in [0.4, 0.5) is 5.00 Å². The first-order chi connectivity index (χ1) is 15.9. The molecule has 33 heavy (non-hydrogen) atoms. The molecular weight excluding hydrogens is 504 g/mol. The minimum absolute atomic E-state index is 0.170. The molecule has 8 heteroatoms. The molecule has 0 aliphatic carbocycles. The van der Waals surface area contributed by atoms with E-state index in [-0.39, 0.29) is 19.1 Å². The van der Waals surface area contributed by atoms with Crippen molar-refractivity contribution in [2.45, 2.75) is 13.8 Å². The maximum Gasteiger partial charge on any atom is 0.341 e. The summed E-state index contributed by atoms with van der Waals surface area (Å²) in [6.07, 6.45) is 0. The third-order valence-corrected chi connectivity index (χ3v) is 6.67. The summed E-state index contributed by atoms with van der Waals surface area (Å²) in [7, 11) is 1.85. The second kappa shape index (κ2) is 12.0. The fourth-order valence-electron chi connectivity index (χ4n) is 3.26. The van der Waals surface area contributed by atoms with Crippen LogP contribution in [0.5, 0.6) is 5.75 Å². The highest BCUT2D eigenvalue weighted by Crippen LogP contribution is 2.40. The Morgan fingerprint density at radius 3 is 2.45 bits per heavy atom. The molecule has 174 valence electrons. The predicted molar refractivity (Wildman–Crippen MR) is 136 cm³/mol. The number of esters is 1. The summed E-state index contributed by atoms with van der Waals surface area (Å²) in [5.41, 5.74) is 2.21. The summed E-state index contributed by atoms with van der Waals surface area (Å²) >= 11 is 4.78. The standard InChI is InChI=1S/C25H27BrN2O4S/c1-4-31-25(30)22-17(2)23(18-8-6-5-7-9-18)33-24(22)27-21(29)16-28(3)14-15-32-20-12-10-19(26)11-13-20/h5-13H,4,14-16H2,1-3H3,(H,27,29). The lowest BCUT2D eigenvalue weighted by Crippen LogP contribution is -2.33. The molecule has 3 aromatic rings. The Labute approximate surface area is 206 Å². The topological polar surface area (TPSA) is 67.9 Å². The monoisotopic (exact) mass is 530 g/mol. The zero-order chi connectivity index (χ0) is 23.8. The van der Waals surface area contributed by atoms with Crippen LogP contribution in [0.2, 0.25) is 0 Å². The minimum atomic E-state index is -0.431. The largest absolute Gasteiger partial charge is 0.492 e. The Hall–Kier alpha value is -2.68. The fraction of sp³-hybridized carbons (Fsp3) is 0.280. The first-order valence-corrected chi connectivity index (χ1v) is 12.2. The van der Waals surface area contributed by atoms with Gasteiger partial charge in [-0.3, -0.25) is 9.69 Å². The molecule has 0 saturated carbocycles. The second-order valence-electron chi connectivity index (χ2n) is 7.44. The van der Waals surface area contributed by atoms with Crippen molar-refractivity contribution in [3.63, 3.8) is 0 Å². The van der Waals surface area contributed by atoms with Gasteiger partial charge >= 0.3 is 5.97 Å². The number of rotatable bonds is 10. The smallest absolute Gasteiger partial charge is 0.341 e. The van der Waals surface area contributed by atoms with Crippen LogP contribution in [0.1, 0.15) is 22.8 Å². The fourth-order valence-corrected chi connectivity index (χ4v) is 4.74. The van der Waals surface area contributed by atoms with E-state index in [4.69, 9.17) is 9.47 Å². The first kappa shape index (κ1) is 25.0. The Balaban J connectivity index is 1.65. The van der Waals surface area contributed by atoms with Crippen molar-refractivity contribution >= 4 is 44.1 Å². The van der Waals surface area contributed by atoms with E-state index in [1.807, 2.05) is 73.5 Å². The summed E-state index contributed by atoms with van der Waals surface area (Å²) in [6.45, 7) is 5.11. The molecule has 0 bridgehead atoms. The predicted octanol–water partition coefficient (Wildman–Crippen LogP) is 5.61.